The molecule has 3 aromatic rings. The summed E-state index contributed by atoms with van der Waals surface area (Å²) in [4.78, 5) is 26.4. The van der Waals surface area contributed by atoms with Gasteiger partial charge in [-0.2, -0.15) is 0 Å². The molecule has 188 valence electrons. The predicted molar refractivity (Wildman–Crippen MR) is 129 cm³/mol. The van der Waals surface area contributed by atoms with Gasteiger partial charge in [0.1, 0.15) is 17.3 Å². The van der Waals surface area contributed by atoms with Gasteiger partial charge in [-0.15, -0.1) is 0 Å². The fourth-order valence-electron chi connectivity index (χ4n) is 3.63. The van der Waals surface area contributed by atoms with Gasteiger partial charge in [0.25, 0.3) is 15.9 Å². The lowest BCUT2D eigenvalue weighted by Gasteiger charge is -2.33. The van der Waals surface area contributed by atoms with Gasteiger partial charge in [0, 0.05) is 5.69 Å². The molecule has 1 aliphatic heterocycles. The van der Waals surface area contributed by atoms with Crippen LogP contribution in [0, 0.1) is 12.7 Å². The van der Waals surface area contributed by atoms with E-state index in [-0.39, 0.29) is 23.7 Å². The maximum absolute atomic E-state index is 13.1. The number of carbonyl (C=O) groups excluding carboxylic acids is 2. The van der Waals surface area contributed by atoms with Crippen LogP contribution in [0.25, 0.3) is 0 Å². The summed E-state index contributed by atoms with van der Waals surface area (Å²) < 4.78 is 56.9. The smallest absolute Gasteiger partial charge is 0.348 e. The SMILES string of the molecule is COC(=O)[C@H]1CN(C(=O)COc2ccc(S(=O)(=O)Nc3ccc(F)cc3)cc2C)c2ccccc2O1. The molecule has 9 nitrogen and oxygen atoms in total. The number of rotatable bonds is 7. The van der Waals surface area contributed by atoms with Crippen molar-refractivity contribution < 1.29 is 36.6 Å². The maximum atomic E-state index is 13.1. The summed E-state index contributed by atoms with van der Waals surface area (Å²) in [7, 11) is -2.69. The second-order valence-corrected chi connectivity index (χ2v) is 9.61. The van der Waals surface area contributed by atoms with Crippen molar-refractivity contribution in [1.29, 1.82) is 0 Å². The number of methoxy groups -OCH3 is 1. The van der Waals surface area contributed by atoms with E-state index in [0.29, 0.717) is 22.7 Å². The zero-order valence-electron chi connectivity index (χ0n) is 19.4. The molecule has 11 heteroatoms. The number of nitrogens with zero attached hydrogens (tertiary/aromatic N) is 1. The maximum Gasteiger partial charge on any atom is 0.348 e. The van der Waals surface area contributed by atoms with Crippen molar-refractivity contribution in [2.24, 2.45) is 0 Å². The molecule has 0 aromatic heterocycles. The quantitative estimate of drug-likeness (QED) is 0.482. The number of esters is 1. The van der Waals surface area contributed by atoms with E-state index >= 15 is 0 Å². The molecule has 1 aliphatic rings. The molecule has 0 spiro atoms. The number of amides is 1. The predicted octanol–water partition coefficient (Wildman–Crippen LogP) is 3.28. The molecule has 0 bridgehead atoms. The van der Waals surface area contributed by atoms with Crippen molar-refractivity contribution in [3.05, 3.63) is 78.1 Å². The van der Waals surface area contributed by atoms with Gasteiger partial charge in [-0.05, 0) is 67.1 Å². The molecule has 4 rings (SSSR count). The molecule has 0 fully saturated rings. The number of fused-ring (bicyclic) bond motifs is 1. The minimum Gasteiger partial charge on any atom is -0.483 e. The van der Waals surface area contributed by atoms with Crippen LogP contribution in [0.4, 0.5) is 15.8 Å². The van der Waals surface area contributed by atoms with Crippen LogP contribution in [0.3, 0.4) is 0 Å². The summed E-state index contributed by atoms with van der Waals surface area (Å²) in [5, 5.41) is 0. The molecule has 36 heavy (non-hydrogen) atoms. The fraction of sp³-hybridized carbons (Fsp3) is 0.200. The highest BCUT2D eigenvalue weighted by atomic mass is 32.2. The van der Waals surface area contributed by atoms with Gasteiger partial charge in [-0.25, -0.2) is 17.6 Å². The largest absolute Gasteiger partial charge is 0.483 e. The third-order valence-electron chi connectivity index (χ3n) is 5.44. The normalized spacial score (nSPS) is 14.9. The van der Waals surface area contributed by atoms with Crippen molar-refractivity contribution >= 4 is 33.3 Å². The highest BCUT2D eigenvalue weighted by Gasteiger charge is 2.34. The standard InChI is InChI=1S/C25H23FN2O7S/c1-16-13-19(36(31,32)27-18-9-7-17(26)8-10-18)11-12-21(16)34-15-24(29)28-14-23(25(30)33-2)35-22-6-4-3-5-20(22)28/h3-13,23,27H,14-15H2,1-2H3/t23-/m1/s1. The monoisotopic (exact) mass is 514 g/mol. The molecule has 1 atom stereocenters. The summed E-state index contributed by atoms with van der Waals surface area (Å²) >= 11 is 0. The molecule has 3 aromatic carbocycles. The Kier molecular flexibility index (Phi) is 7.11. The first-order chi connectivity index (χ1) is 17.2. The number of ether oxygens (including phenoxy) is 3. The van der Waals surface area contributed by atoms with E-state index in [2.05, 4.69) is 4.72 Å². The second kappa shape index (κ2) is 10.2. The second-order valence-electron chi connectivity index (χ2n) is 7.93. The summed E-state index contributed by atoms with van der Waals surface area (Å²) in [6.45, 7) is 1.24. The molecule has 0 aliphatic carbocycles. The Bertz CT molecular complexity index is 1390. The lowest BCUT2D eigenvalue weighted by atomic mass is 10.2. The number of hydrogen-bond donors (Lipinski definition) is 1. The first-order valence-corrected chi connectivity index (χ1v) is 12.3. The number of anilines is 2. The Morgan fingerprint density at radius 1 is 1.11 bits per heavy atom. The third kappa shape index (κ3) is 5.41. The van der Waals surface area contributed by atoms with Gasteiger partial charge in [0.05, 0.1) is 24.2 Å². The van der Waals surface area contributed by atoms with Crippen molar-refractivity contribution in [1.82, 2.24) is 0 Å². The van der Waals surface area contributed by atoms with E-state index in [1.54, 1.807) is 31.2 Å². The molecule has 0 radical (unpaired) electrons. The van der Waals surface area contributed by atoms with Crippen LogP contribution in [0.2, 0.25) is 0 Å². The highest BCUT2D eigenvalue weighted by Crippen LogP contribution is 2.33. The summed E-state index contributed by atoms with van der Waals surface area (Å²) in [5.41, 5.74) is 1.20. The Balaban J connectivity index is 1.46. The van der Waals surface area contributed by atoms with Gasteiger partial charge >= 0.3 is 5.97 Å². The van der Waals surface area contributed by atoms with E-state index in [4.69, 9.17) is 14.2 Å². The topological polar surface area (TPSA) is 111 Å². The van der Waals surface area contributed by atoms with Gasteiger partial charge in [0.2, 0.25) is 6.10 Å². The van der Waals surface area contributed by atoms with Gasteiger partial charge < -0.3 is 19.1 Å². The van der Waals surface area contributed by atoms with Crippen molar-refractivity contribution in [3.63, 3.8) is 0 Å². The zero-order valence-corrected chi connectivity index (χ0v) is 20.3. The average molecular weight is 515 g/mol. The van der Waals surface area contributed by atoms with Crippen LogP contribution in [0.5, 0.6) is 11.5 Å². The van der Waals surface area contributed by atoms with Gasteiger partial charge in [-0.3, -0.25) is 9.52 Å². The van der Waals surface area contributed by atoms with Crippen molar-refractivity contribution in [2.75, 3.05) is 29.9 Å². The number of halogens is 1. The number of aryl methyl sites for hydroxylation is 1. The van der Waals surface area contributed by atoms with E-state index in [9.17, 15) is 22.4 Å². The summed E-state index contributed by atoms with van der Waals surface area (Å²) in [6.07, 6.45) is -0.978. The molecular formula is C25H23FN2O7S. The van der Waals surface area contributed by atoms with E-state index < -0.39 is 33.8 Å². The number of carbonyl (C=O) groups is 2. The van der Waals surface area contributed by atoms with Crippen molar-refractivity contribution in [3.8, 4) is 11.5 Å². The van der Waals surface area contributed by atoms with E-state index in [1.807, 2.05) is 0 Å². The Morgan fingerprint density at radius 2 is 1.83 bits per heavy atom. The van der Waals surface area contributed by atoms with Crippen LogP contribution in [-0.2, 0) is 24.3 Å². The first-order valence-electron chi connectivity index (χ1n) is 10.8. The fourth-order valence-corrected chi connectivity index (χ4v) is 4.77. The molecule has 0 saturated heterocycles. The van der Waals surface area contributed by atoms with Crippen LogP contribution in [0.15, 0.2) is 71.6 Å². The van der Waals surface area contributed by atoms with Crippen LogP contribution < -0.4 is 19.1 Å². The molecule has 1 amide bonds. The number of sulfonamides is 1. The van der Waals surface area contributed by atoms with E-state index in [1.165, 1.54) is 42.3 Å². The summed E-state index contributed by atoms with van der Waals surface area (Å²) in [5.74, 6) is -0.827. The molecule has 0 unspecified atom stereocenters. The zero-order chi connectivity index (χ0) is 25.9. The number of para-hydroxylation sites is 2. The Morgan fingerprint density at radius 3 is 2.53 bits per heavy atom. The van der Waals surface area contributed by atoms with Crippen LogP contribution >= 0.6 is 0 Å². The van der Waals surface area contributed by atoms with Gasteiger partial charge in [-0.1, -0.05) is 12.1 Å². The van der Waals surface area contributed by atoms with Crippen LogP contribution in [0.1, 0.15) is 5.56 Å². The number of nitrogens with one attached hydrogen (secondary N) is 1. The molecule has 0 saturated carbocycles. The van der Waals surface area contributed by atoms with E-state index in [0.717, 1.165) is 12.1 Å². The molecule has 1 N–H and O–H groups in total. The minimum absolute atomic E-state index is 0.0222. The lowest BCUT2D eigenvalue weighted by molar-refractivity contribution is -0.148. The minimum atomic E-state index is -3.93. The van der Waals surface area contributed by atoms with Crippen LogP contribution in [-0.4, -0.2) is 46.7 Å². The Hall–Kier alpha value is -4.12. The molecular weight excluding hydrogens is 491 g/mol. The highest BCUT2D eigenvalue weighted by molar-refractivity contribution is 7.92. The third-order valence-corrected chi connectivity index (χ3v) is 6.82. The molecule has 1 heterocycles. The number of benzene rings is 3. The average Bonchev–Trinajstić information content (AvgIpc) is 2.87. The Labute approximate surface area is 207 Å². The van der Waals surface area contributed by atoms with Gasteiger partial charge in [0.15, 0.2) is 6.61 Å². The number of hydrogen-bond acceptors (Lipinski definition) is 7. The first kappa shape index (κ1) is 25.0. The van der Waals surface area contributed by atoms with Crippen molar-refractivity contribution in [2.45, 2.75) is 17.9 Å². The lowest BCUT2D eigenvalue weighted by Crippen LogP contribution is -2.48. The summed E-state index contributed by atoms with van der Waals surface area (Å²) in [6, 6.07) is 15.9.